The van der Waals surface area contributed by atoms with Gasteiger partial charge in [0.1, 0.15) is 0 Å². The molecule has 19 heavy (non-hydrogen) atoms. The molecule has 7 heteroatoms. The number of ether oxygens (including phenoxy) is 1. The smallest absolute Gasteiger partial charge is 0.450 e. The Balaban J connectivity index is 0.000000200. The minimum atomic E-state index is -1.14. The van der Waals surface area contributed by atoms with Gasteiger partial charge < -0.3 is 9.84 Å². The first-order valence-electron chi connectivity index (χ1n) is 6.41. The van der Waals surface area contributed by atoms with E-state index < -0.39 is 18.0 Å². The maximum Gasteiger partial charge on any atom is 0.505 e. The van der Waals surface area contributed by atoms with Crippen LogP contribution in [0.15, 0.2) is 0 Å². The fourth-order valence-electron chi connectivity index (χ4n) is 2.11. The van der Waals surface area contributed by atoms with Gasteiger partial charge in [0.15, 0.2) is 0 Å². The van der Waals surface area contributed by atoms with E-state index in [1.807, 2.05) is 0 Å². The first-order chi connectivity index (χ1) is 9.00. The molecule has 7 nitrogen and oxygen atoms in total. The van der Waals surface area contributed by atoms with Gasteiger partial charge in [0.05, 0.1) is 6.61 Å². The molecular formula is C12H19NO6. The Labute approximate surface area is 111 Å². The quantitative estimate of drug-likeness (QED) is 0.451. The van der Waals surface area contributed by atoms with Crippen LogP contribution >= 0.6 is 0 Å². The predicted octanol–water partition coefficient (Wildman–Crippen LogP) is 1.79. The number of hydrogen-bond acceptors (Lipinski definition) is 5. The molecule has 0 atom stereocenters. The van der Waals surface area contributed by atoms with Crippen LogP contribution in [0.2, 0.25) is 0 Å². The second-order valence-corrected chi connectivity index (χ2v) is 4.68. The summed E-state index contributed by atoms with van der Waals surface area (Å²) in [7, 11) is 0. The molecule has 2 fully saturated rings. The molecule has 2 rings (SSSR count). The van der Waals surface area contributed by atoms with E-state index in [4.69, 9.17) is 10.3 Å². The van der Waals surface area contributed by atoms with E-state index in [2.05, 4.69) is 4.74 Å². The molecule has 0 bridgehead atoms. The topological polar surface area (TPSA) is 104 Å². The summed E-state index contributed by atoms with van der Waals surface area (Å²) in [6.45, 7) is 0.398. The molecular weight excluding hydrogens is 254 g/mol. The fourth-order valence-corrected chi connectivity index (χ4v) is 2.11. The van der Waals surface area contributed by atoms with Crippen molar-refractivity contribution in [2.45, 2.75) is 44.9 Å². The summed E-state index contributed by atoms with van der Waals surface area (Å²) in [6.07, 6.45) is 5.17. The van der Waals surface area contributed by atoms with Gasteiger partial charge in [-0.3, -0.25) is 14.8 Å². The minimum absolute atomic E-state index is 0.148. The Hall–Kier alpha value is -1.63. The molecule has 0 radical (unpaired) electrons. The van der Waals surface area contributed by atoms with Crippen molar-refractivity contribution in [3.63, 3.8) is 0 Å². The average molecular weight is 273 g/mol. The van der Waals surface area contributed by atoms with E-state index in [1.165, 1.54) is 19.3 Å². The number of hydrogen-bond donors (Lipinski definition) is 2. The van der Waals surface area contributed by atoms with Crippen LogP contribution < -0.4 is 0 Å². The third kappa shape index (κ3) is 5.69. The van der Waals surface area contributed by atoms with Gasteiger partial charge in [-0.1, -0.05) is 19.3 Å². The number of nitrogens with zero attached hydrogens (tertiary/aromatic N) is 1. The molecule has 108 valence electrons. The Morgan fingerprint density at radius 3 is 2.05 bits per heavy atom. The van der Waals surface area contributed by atoms with Crippen molar-refractivity contribution in [1.82, 2.24) is 5.06 Å². The van der Waals surface area contributed by atoms with Gasteiger partial charge in [0.25, 0.3) is 11.8 Å². The first-order valence-corrected chi connectivity index (χ1v) is 6.41. The molecule has 1 saturated carbocycles. The minimum Gasteiger partial charge on any atom is -0.450 e. The molecule has 1 saturated heterocycles. The summed E-state index contributed by atoms with van der Waals surface area (Å²) in [4.78, 5) is 30.5. The van der Waals surface area contributed by atoms with Gasteiger partial charge >= 0.3 is 6.16 Å². The number of carbonyl (C=O) groups excluding carboxylic acids is 2. The predicted molar refractivity (Wildman–Crippen MR) is 63.4 cm³/mol. The molecule has 0 aromatic rings. The maximum absolute atomic E-state index is 10.2. The van der Waals surface area contributed by atoms with Crippen molar-refractivity contribution >= 4 is 18.0 Å². The lowest BCUT2D eigenvalue weighted by molar-refractivity contribution is -0.171. The van der Waals surface area contributed by atoms with Gasteiger partial charge in [-0.15, -0.1) is 0 Å². The maximum atomic E-state index is 10.2. The summed E-state index contributed by atoms with van der Waals surface area (Å²) >= 11 is 0. The average Bonchev–Trinajstić information content (AvgIpc) is 2.70. The molecule has 0 aromatic heterocycles. The molecule has 0 spiro atoms. The summed E-state index contributed by atoms with van der Waals surface area (Å²) in [6, 6.07) is 0. The van der Waals surface area contributed by atoms with E-state index >= 15 is 0 Å². The van der Waals surface area contributed by atoms with Crippen LogP contribution in [0.5, 0.6) is 0 Å². The molecule has 0 aromatic carbocycles. The standard InChI is InChI=1S/C8H14O3.C4H5NO3/c9-8(10)11-6-7-4-2-1-3-5-7;6-3-1-2-4(7)5(3)8/h7H,1-6H2,(H,9,10);8H,1-2H2. The number of imide groups is 1. The van der Waals surface area contributed by atoms with Crippen LogP contribution in [-0.2, 0) is 14.3 Å². The zero-order valence-corrected chi connectivity index (χ0v) is 10.7. The Morgan fingerprint density at radius 1 is 1.16 bits per heavy atom. The summed E-state index contributed by atoms with van der Waals surface area (Å²) in [5.41, 5.74) is 0. The molecule has 2 aliphatic rings. The van der Waals surface area contributed by atoms with Crippen molar-refractivity contribution in [3.05, 3.63) is 0 Å². The molecule has 0 unspecified atom stereocenters. The Kier molecular flexibility index (Phi) is 6.27. The summed E-state index contributed by atoms with van der Waals surface area (Å²) in [5.74, 6) is -0.523. The highest BCUT2D eigenvalue weighted by Crippen LogP contribution is 2.23. The molecule has 1 aliphatic carbocycles. The number of hydroxylamine groups is 2. The van der Waals surface area contributed by atoms with Crippen LogP contribution in [0.3, 0.4) is 0 Å². The zero-order valence-electron chi connectivity index (χ0n) is 10.7. The molecule has 1 heterocycles. The molecule has 2 N–H and O–H groups in total. The number of carbonyl (C=O) groups is 3. The number of rotatable bonds is 2. The van der Waals surface area contributed by atoms with Crippen LogP contribution in [0.1, 0.15) is 44.9 Å². The lowest BCUT2D eigenvalue weighted by Gasteiger charge is -2.19. The van der Waals surface area contributed by atoms with Crippen LogP contribution in [0.4, 0.5) is 4.79 Å². The van der Waals surface area contributed by atoms with E-state index in [0.717, 1.165) is 12.8 Å². The van der Waals surface area contributed by atoms with Crippen LogP contribution in [-0.4, -0.2) is 40.0 Å². The number of amides is 2. The van der Waals surface area contributed by atoms with Gasteiger partial charge in [-0.05, 0) is 18.8 Å². The van der Waals surface area contributed by atoms with E-state index in [-0.39, 0.29) is 17.9 Å². The third-order valence-corrected chi connectivity index (χ3v) is 3.19. The van der Waals surface area contributed by atoms with Crippen molar-refractivity contribution in [1.29, 1.82) is 0 Å². The zero-order chi connectivity index (χ0) is 14.3. The lowest BCUT2D eigenvalue weighted by atomic mass is 9.90. The monoisotopic (exact) mass is 273 g/mol. The van der Waals surface area contributed by atoms with Gasteiger partial charge in [0.2, 0.25) is 0 Å². The third-order valence-electron chi connectivity index (χ3n) is 3.19. The lowest BCUT2D eigenvalue weighted by Crippen LogP contribution is -2.24. The summed E-state index contributed by atoms with van der Waals surface area (Å²) in [5, 5.41) is 16.8. The Morgan fingerprint density at radius 2 is 1.68 bits per heavy atom. The van der Waals surface area contributed by atoms with E-state index in [1.54, 1.807) is 0 Å². The number of carboxylic acid groups (broad SMARTS) is 1. The van der Waals surface area contributed by atoms with E-state index in [9.17, 15) is 14.4 Å². The molecule has 1 aliphatic heterocycles. The van der Waals surface area contributed by atoms with Gasteiger partial charge in [-0.25, -0.2) is 4.79 Å². The first kappa shape index (κ1) is 15.4. The van der Waals surface area contributed by atoms with Crippen LogP contribution in [0.25, 0.3) is 0 Å². The van der Waals surface area contributed by atoms with Crippen molar-refractivity contribution in [2.24, 2.45) is 5.92 Å². The highest BCUT2D eigenvalue weighted by molar-refractivity contribution is 6.00. The van der Waals surface area contributed by atoms with Crippen LogP contribution in [0, 0.1) is 5.92 Å². The summed E-state index contributed by atoms with van der Waals surface area (Å²) < 4.78 is 4.50. The second kappa shape index (κ2) is 7.73. The van der Waals surface area contributed by atoms with Gasteiger partial charge in [-0.2, -0.15) is 5.06 Å². The highest BCUT2D eigenvalue weighted by atomic mass is 16.7. The SMILES string of the molecule is O=C(O)OCC1CCCCC1.O=C1CCC(=O)N1O. The van der Waals surface area contributed by atoms with Crippen molar-refractivity contribution < 1.29 is 29.4 Å². The molecule has 2 amide bonds. The van der Waals surface area contributed by atoms with Crippen molar-refractivity contribution in [3.8, 4) is 0 Å². The van der Waals surface area contributed by atoms with Crippen molar-refractivity contribution in [2.75, 3.05) is 6.61 Å². The second-order valence-electron chi connectivity index (χ2n) is 4.68. The highest BCUT2D eigenvalue weighted by Gasteiger charge is 2.26. The Bertz CT molecular complexity index is 321. The largest absolute Gasteiger partial charge is 0.505 e. The fraction of sp³-hybridized carbons (Fsp3) is 0.750. The van der Waals surface area contributed by atoms with E-state index in [0.29, 0.717) is 12.5 Å². The van der Waals surface area contributed by atoms with Gasteiger partial charge in [0, 0.05) is 12.8 Å². The normalized spacial score (nSPS) is 19.9.